The number of amides is 1. The Hall–Kier alpha value is -3.40. The fraction of sp³-hybridized carbons (Fsp3) is 0.469. The van der Waals surface area contributed by atoms with Crippen molar-refractivity contribution >= 4 is 6.41 Å². The molecule has 6 rings (SSSR count). The third-order valence-corrected chi connectivity index (χ3v) is 9.09. The average Bonchev–Trinajstić information content (AvgIpc) is 3.47. The van der Waals surface area contributed by atoms with Gasteiger partial charge in [0.15, 0.2) is 0 Å². The second-order valence-electron chi connectivity index (χ2n) is 11.7. The molecular formula is C32H40FN5O3. The molecule has 1 saturated carbocycles. The van der Waals surface area contributed by atoms with E-state index in [0.29, 0.717) is 37.3 Å². The maximum atomic E-state index is 13.5. The summed E-state index contributed by atoms with van der Waals surface area (Å²) in [5, 5.41) is 14.7. The summed E-state index contributed by atoms with van der Waals surface area (Å²) in [5.74, 6) is -0.252. The van der Waals surface area contributed by atoms with E-state index in [-0.39, 0.29) is 22.8 Å². The van der Waals surface area contributed by atoms with Crippen molar-refractivity contribution in [2.75, 3.05) is 39.8 Å². The highest BCUT2D eigenvalue weighted by Crippen LogP contribution is 2.51. The van der Waals surface area contributed by atoms with Gasteiger partial charge < -0.3 is 20.2 Å². The molecular weight excluding hydrogens is 521 g/mol. The van der Waals surface area contributed by atoms with Gasteiger partial charge in [-0.2, -0.15) is 0 Å². The highest BCUT2D eigenvalue weighted by molar-refractivity contribution is 5.57. The molecule has 3 aromatic rings. The lowest BCUT2D eigenvalue weighted by Gasteiger charge is -2.51. The molecule has 41 heavy (non-hydrogen) atoms. The molecule has 0 radical (unpaired) electrons. The maximum absolute atomic E-state index is 13.5. The van der Waals surface area contributed by atoms with Gasteiger partial charge in [0.1, 0.15) is 5.82 Å². The Labute approximate surface area is 240 Å². The highest BCUT2D eigenvalue weighted by Gasteiger charge is 2.54. The number of aromatic nitrogens is 2. The van der Waals surface area contributed by atoms with Gasteiger partial charge in [-0.1, -0.05) is 61.4 Å². The van der Waals surface area contributed by atoms with Gasteiger partial charge in [-0.25, -0.2) is 9.37 Å². The third-order valence-electron chi connectivity index (χ3n) is 9.09. The monoisotopic (exact) mass is 561 g/mol. The van der Waals surface area contributed by atoms with Crippen molar-refractivity contribution in [3.63, 3.8) is 0 Å². The molecule has 2 N–H and O–H groups in total. The molecule has 3 fully saturated rings. The van der Waals surface area contributed by atoms with Crippen LogP contribution in [0.1, 0.15) is 43.7 Å². The van der Waals surface area contributed by atoms with Gasteiger partial charge >= 0.3 is 0 Å². The molecule has 1 aliphatic carbocycles. The summed E-state index contributed by atoms with van der Waals surface area (Å²) in [6.45, 7) is 4.11. The summed E-state index contributed by atoms with van der Waals surface area (Å²) in [6, 6.07) is 17.7. The number of aliphatic hydroxyl groups is 1. The van der Waals surface area contributed by atoms with E-state index >= 15 is 0 Å². The van der Waals surface area contributed by atoms with Gasteiger partial charge in [-0.05, 0) is 32.4 Å². The van der Waals surface area contributed by atoms with Gasteiger partial charge in [0.2, 0.25) is 6.41 Å². The van der Waals surface area contributed by atoms with Crippen molar-refractivity contribution in [1.82, 2.24) is 24.7 Å². The predicted octanol–water partition coefficient (Wildman–Crippen LogP) is 3.47. The minimum atomic E-state index is -0.838. The van der Waals surface area contributed by atoms with Gasteiger partial charge in [0.25, 0.3) is 5.56 Å². The second-order valence-corrected chi connectivity index (χ2v) is 11.7. The van der Waals surface area contributed by atoms with Crippen molar-refractivity contribution in [2.24, 2.45) is 5.41 Å². The molecule has 8 nitrogen and oxygen atoms in total. The number of rotatable bonds is 5. The SMILES string of the molecule is CN1CCC(O)(Cn2cnc(-c3ccccc3)cc2=O)C2(CCCC2)C1.O=CN1CCNCC1c1ccccc1F. The van der Waals surface area contributed by atoms with Crippen molar-refractivity contribution in [1.29, 1.82) is 0 Å². The molecule has 2 atom stereocenters. The van der Waals surface area contributed by atoms with Crippen LogP contribution in [0.4, 0.5) is 4.39 Å². The van der Waals surface area contributed by atoms with Crippen LogP contribution < -0.4 is 10.9 Å². The Morgan fingerprint density at radius 2 is 1.80 bits per heavy atom. The number of hydrogen-bond donors (Lipinski definition) is 2. The molecule has 1 amide bonds. The lowest BCUT2D eigenvalue weighted by Crippen LogP contribution is -2.60. The first kappa shape index (κ1) is 29.1. The second kappa shape index (κ2) is 12.6. The van der Waals surface area contributed by atoms with Gasteiger partial charge in [-0.15, -0.1) is 0 Å². The lowest BCUT2D eigenvalue weighted by atomic mass is 9.66. The number of piperazine rings is 1. The Morgan fingerprint density at radius 3 is 2.51 bits per heavy atom. The molecule has 2 saturated heterocycles. The molecule has 9 heteroatoms. The summed E-state index contributed by atoms with van der Waals surface area (Å²) in [6.07, 6.45) is 7.50. The van der Waals surface area contributed by atoms with Gasteiger partial charge in [-0.3, -0.25) is 14.2 Å². The fourth-order valence-corrected chi connectivity index (χ4v) is 6.78. The number of benzene rings is 2. The van der Waals surface area contributed by atoms with Crippen LogP contribution in [0.2, 0.25) is 0 Å². The minimum absolute atomic E-state index is 0.0978. The smallest absolute Gasteiger partial charge is 0.253 e. The first-order chi connectivity index (χ1) is 19.8. The molecule has 3 aliphatic rings. The third kappa shape index (κ3) is 6.27. The van der Waals surface area contributed by atoms with E-state index in [1.54, 1.807) is 40.1 Å². The minimum Gasteiger partial charge on any atom is -0.387 e. The summed E-state index contributed by atoms with van der Waals surface area (Å²) >= 11 is 0. The number of nitrogens with one attached hydrogen (secondary N) is 1. The number of piperidine rings is 1. The van der Waals surface area contributed by atoms with Crippen LogP contribution in [0.25, 0.3) is 11.3 Å². The quantitative estimate of drug-likeness (QED) is 0.464. The Balaban J connectivity index is 0.000000191. The molecule has 1 aromatic heterocycles. The van der Waals surface area contributed by atoms with E-state index in [9.17, 15) is 19.1 Å². The zero-order valence-electron chi connectivity index (χ0n) is 23.7. The Kier molecular flexibility index (Phi) is 8.97. The Bertz CT molecular complexity index is 1380. The normalized spacial score (nSPS) is 24.1. The lowest BCUT2D eigenvalue weighted by molar-refractivity contribution is -0.139. The van der Waals surface area contributed by atoms with Crippen LogP contribution in [0.3, 0.4) is 0 Å². The van der Waals surface area contributed by atoms with E-state index in [1.807, 2.05) is 30.3 Å². The predicted molar refractivity (Wildman–Crippen MR) is 157 cm³/mol. The topological polar surface area (TPSA) is 90.7 Å². The summed E-state index contributed by atoms with van der Waals surface area (Å²) in [5.41, 5.74) is 1.16. The maximum Gasteiger partial charge on any atom is 0.253 e. The first-order valence-electron chi connectivity index (χ1n) is 14.5. The molecule has 1 spiro atoms. The van der Waals surface area contributed by atoms with Gasteiger partial charge in [0, 0.05) is 55.3 Å². The number of carbonyl (C=O) groups is 1. The standard InChI is InChI=1S/C21H27N3O2.C11H13FN2O/c1-23-12-11-21(26,20(14-23)9-5-6-10-20)15-24-16-22-18(13-19(24)25)17-7-3-2-4-8-17;12-10-4-2-1-3-9(10)11-7-13-5-6-14(11)8-15/h2-4,7-8,13,16,26H,5-6,9-12,14-15H2,1H3;1-4,8,11,13H,5-7H2. The summed E-state index contributed by atoms with van der Waals surface area (Å²) in [7, 11) is 2.13. The van der Waals surface area contributed by atoms with Crippen molar-refractivity contribution < 1.29 is 14.3 Å². The fourth-order valence-electron chi connectivity index (χ4n) is 6.78. The van der Waals surface area contributed by atoms with E-state index < -0.39 is 5.60 Å². The molecule has 2 aliphatic heterocycles. The number of halogens is 1. The number of likely N-dealkylation sites (tertiary alicyclic amines) is 1. The van der Waals surface area contributed by atoms with Crippen LogP contribution in [0, 0.1) is 11.2 Å². The first-order valence-corrected chi connectivity index (χ1v) is 14.5. The largest absolute Gasteiger partial charge is 0.387 e. The van der Waals surface area contributed by atoms with Crippen LogP contribution in [-0.4, -0.2) is 76.2 Å². The van der Waals surface area contributed by atoms with Gasteiger partial charge in [0.05, 0.1) is 30.2 Å². The highest BCUT2D eigenvalue weighted by atomic mass is 19.1. The Morgan fingerprint density at radius 1 is 1.07 bits per heavy atom. The van der Waals surface area contributed by atoms with Crippen LogP contribution >= 0.6 is 0 Å². The molecule has 218 valence electrons. The van der Waals surface area contributed by atoms with Crippen molar-refractivity contribution in [2.45, 2.75) is 50.3 Å². The van der Waals surface area contributed by atoms with E-state index in [1.165, 1.54) is 6.07 Å². The zero-order valence-corrected chi connectivity index (χ0v) is 23.7. The van der Waals surface area contributed by atoms with Crippen molar-refractivity contribution in [3.8, 4) is 11.3 Å². The summed E-state index contributed by atoms with van der Waals surface area (Å²) in [4.78, 5) is 32.0. The number of carbonyl (C=O) groups excluding carboxylic acids is 1. The average molecular weight is 562 g/mol. The number of nitrogens with zero attached hydrogens (tertiary/aromatic N) is 4. The number of hydrogen-bond acceptors (Lipinski definition) is 6. The zero-order chi connectivity index (χ0) is 28.9. The van der Waals surface area contributed by atoms with E-state index in [4.69, 9.17) is 0 Å². The van der Waals surface area contributed by atoms with E-state index in [2.05, 4.69) is 22.2 Å². The van der Waals surface area contributed by atoms with Crippen molar-refractivity contribution in [3.05, 3.63) is 88.7 Å². The summed E-state index contributed by atoms with van der Waals surface area (Å²) < 4.78 is 15.1. The van der Waals surface area contributed by atoms with Crippen LogP contribution in [0.15, 0.2) is 71.8 Å². The van der Waals surface area contributed by atoms with E-state index in [0.717, 1.165) is 57.3 Å². The molecule has 3 heterocycles. The van der Waals surface area contributed by atoms with Crippen LogP contribution in [0.5, 0.6) is 0 Å². The van der Waals surface area contributed by atoms with Crippen LogP contribution in [-0.2, 0) is 11.3 Å². The molecule has 2 aromatic carbocycles. The molecule has 0 bridgehead atoms. The molecule has 2 unspecified atom stereocenters.